The number of carbonyl (C=O) groups is 2. The van der Waals surface area contributed by atoms with E-state index in [9.17, 15) is 14.7 Å². The number of ether oxygens (including phenoxy) is 2. The number of aryl methyl sites for hydroxylation is 1. The number of methoxy groups -OCH3 is 1. The highest BCUT2D eigenvalue weighted by Crippen LogP contribution is 2.47. The largest absolute Gasteiger partial charge is 0.455 e. The number of carbonyl (C=O) groups excluding carboxylic acids is 2. The Morgan fingerprint density at radius 2 is 1.88 bits per heavy atom. The van der Waals surface area contributed by atoms with Crippen molar-refractivity contribution in [1.29, 1.82) is 0 Å². The Balaban J connectivity index is 1.67. The highest BCUT2D eigenvalue weighted by atomic mass is 35.5. The molecule has 0 saturated carbocycles. The monoisotopic (exact) mass is 579 g/mol. The third-order valence-electron chi connectivity index (χ3n) is 7.75. The van der Waals surface area contributed by atoms with Gasteiger partial charge >= 0.3 is 6.09 Å². The predicted molar refractivity (Wildman–Crippen MR) is 159 cm³/mol. The third-order valence-corrected chi connectivity index (χ3v) is 8.05. The first-order chi connectivity index (χ1) is 19.8. The van der Waals surface area contributed by atoms with Crippen molar-refractivity contribution in [3.63, 3.8) is 0 Å². The Morgan fingerprint density at radius 1 is 1.12 bits per heavy atom. The standard InChI is InChI=1S/C32H38ClN3O5/c1-22-8-3-4-12-28(22)41-29-26(10-5-11-27(29)33)32(39,17-7-18-35-31(38)40-2)25-9-6-19-36(21-25)30(37)24-15-13-23(20-34)14-16-24/h3-5,8,10-16,25,39H,6-7,9,17-21,34H2,1-2H3,(H,35,38). The van der Waals surface area contributed by atoms with Crippen molar-refractivity contribution in [1.82, 2.24) is 10.2 Å². The van der Waals surface area contributed by atoms with Gasteiger partial charge in [0.05, 0.1) is 17.7 Å². The molecular weight excluding hydrogens is 542 g/mol. The second-order valence-corrected chi connectivity index (χ2v) is 10.8. The van der Waals surface area contributed by atoms with Gasteiger partial charge in [0.15, 0.2) is 5.75 Å². The van der Waals surface area contributed by atoms with Crippen LogP contribution in [0, 0.1) is 12.8 Å². The van der Waals surface area contributed by atoms with Crippen LogP contribution in [0.1, 0.15) is 52.7 Å². The van der Waals surface area contributed by atoms with Gasteiger partial charge in [-0.2, -0.15) is 0 Å². The van der Waals surface area contributed by atoms with Crippen molar-refractivity contribution in [2.24, 2.45) is 11.7 Å². The number of amides is 2. The first-order valence-electron chi connectivity index (χ1n) is 13.9. The molecule has 1 aliphatic heterocycles. The molecule has 0 aromatic heterocycles. The number of alkyl carbamates (subject to hydrolysis) is 1. The molecular formula is C32H38ClN3O5. The quantitative estimate of drug-likeness (QED) is 0.263. The fraction of sp³-hybridized carbons (Fsp3) is 0.375. The number of benzene rings is 3. The van der Waals surface area contributed by atoms with E-state index in [4.69, 9.17) is 26.8 Å². The zero-order valence-electron chi connectivity index (χ0n) is 23.6. The fourth-order valence-corrected chi connectivity index (χ4v) is 5.64. The van der Waals surface area contributed by atoms with Crippen LogP contribution in [0.2, 0.25) is 5.02 Å². The minimum Gasteiger partial charge on any atom is -0.455 e. The number of halogens is 1. The summed E-state index contributed by atoms with van der Waals surface area (Å²) < 4.78 is 11.1. The van der Waals surface area contributed by atoms with E-state index in [-0.39, 0.29) is 11.8 Å². The van der Waals surface area contributed by atoms with Gasteiger partial charge in [-0.25, -0.2) is 4.79 Å². The summed E-state index contributed by atoms with van der Waals surface area (Å²) in [5.74, 6) is 0.625. The summed E-state index contributed by atoms with van der Waals surface area (Å²) in [6, 6.07) is 20.3. The average molecular weight is 580 g/mol. The molecule has 1 aliphatic rings. The van der Waals surface area contributed by atoms with Crippen LogP contribution < -0.4 is 15.8 Å². The lowest BCUT2D eigenvalue weighted by Crippen LogP contribution is -2.48. The van der Waals surface area contributed by atoms with E-state index in [1.54, 1.807) is 29.2 Å². The van der Waals surface area contributed by atoms with Gasteiger partial charge in [0.2, 0.25) is 0 Å². The van der Waals surface area contributed by atoms with Crippen molar-refractivity contribution < 1.29 is 24.2 Å². The Bertz CT molecular complexity index is 1350. The predicted octanol–water partition coefficient (Wildman–Crippen LogP) is 5.78. The van der Waals surface area contributed by atoms with E-state index in [1.807, 2.05) is 49.4 Å². The van der Waals surface area contributed by atoms with E-state index >= 15 is 0 Å². The number of nitrogens with zero attached hydrogens (tertiary/aromatic N) is 1. The molecule has 0 radical (unpaired) electrons. The van der Waals surface area contributed by atoms with Gasteiger partial charge in [-0.3, -0.25) is 4.79 Å². The van der Waals surface area contributed by atoms with E-state index in [1.165, 1.54) is 7.11 Å². The Kier molecular flexibility index (Phi) is 10.3. The maximum Gasteiger partial charge on any atom is 0.406 e. The zero-order valence-corrected chi connectivity index (χ0v) is 24.3. The molecule has 2 atom stereocenters. The molecule has 1 heterocycles. The summed E-state index contributed by atoms with van der Waals surface area (Å²) in [6.45, 7) is 3.61. The van der Waals surface area contributed by atoms with E-state index in [2.05, 4.69) is 5.32 Å². The molecule has 0 aliphatic carbocycles. The molecule has 1 saturated heterocycles. The topological polar surface area (TPSA) is 114 Å². The minimum absolute atomic E-state index is 0.0875. The number of piperidine rings is 1. The summed E-state index contributed by atoms with van der Waals surface area (Å²) in [5.41, 5.74) is 7.34. The number of likely N-dealkylation sites (tertiary alicyclic amines) is 1. The maximum atomic E-state index is 13.5. The number of nitrogens with two attached hydrogens (primary N) is 1. The molecule has 3 aromatic rings. The average Bonchev–Trinajstić information content (AvgIpc) is 3.00. The van der Waals surface area contributed by atoms with E-state index < -0.39 is 11.7 Å². The number of nitrogens with one attached hydrogen (secondary N) is 1. The number of para-hydroxylation sites is 2. The zero-order chi connectivity index (χ0) is 29.4. The van der Waals surface area contributed by atoms with Crippen LogP contribution in [0.15, 0.2) is 66.7 Å². The molecule has 4 N–H and O–H groups in total. The van der Waals surface area contributed by atoms with E-state index in [0.717, 1.165) is 17.5 Å². The second-order valence-electron chi connectivity index (χ2n) is 10.4. The van der Waals surface area contributed by atoms with Gasteiger partial charge in [-0.15, -0.1) is 0 Å². The molecule has 8 nitrogen and oxygen atoms in total. The van der Waals surface area contributed by atoms with Crippen LogP contribution >= 0.6 is 11.6 Å². The molecule has 1 fully saturated rings. The lowest BCUT2D eigenvalue weighted by atomic mass is 9.73. The van der Waals surface area contributed by atoms with Crippen molar-refractivity contribution in [2.75, 3.05) is 26.7 Å². The van der Waals surface area contributed by atoms with Gasteiger partial charge in [0, 0.05) is 43.2 Å². The molecule has 0 bridgehead atoms. The molecule has 218 valence electrons. The minimum atomic E-state index is -1.40. The van der Waals surface area contributed by atoms with Crippen molar-refractivity contribution in [3.05, 3.63) is 94.0 Å². The van der Waals surface area contributed by atoms with Gasteiger partial charge < -0.3 is 30.5 Å². The highest BCUT2D eigenvalue weighted by molar-refractivity contribution is 6.32. The molecule has 2 amide bonds. The summed E-state index contributed by atoms with van der Waals surface area (Å²) in [6.07, 6.45) is 1.67. The van der Waals surface area contributed by atoms with Crippen molar-refractivity contribution in [2.45, 2.75) is 44.8 Å². The Labute approximate surface area is 246 Å². The SMILES string of the molecule is COC(=O)NCCCC(O)(c1cccc(Cl)c1Oc1ccccc1C)C1CCCN(C(=O)c2ccc(CN)cc2)C1. The number of hydrogen-bond acceptors (Lipinski definition) is 6. The number of aliphatic hydroxyl groups is 1. The smallest absolute Gasteiger partial charge is 0.406 e. The molecule has 41 heavy (non-hydrogen) atoms. The normalized spacial score (nSPS) is 16.5. The Morgan fingerprint density at radius 3 is 2.59 bits per heavy atom. The summed E-state index contributed by atoms with van der Waals surface area (Å²) in [4.78, 5) is 26.9. The summed E-state index contributed by atoms with van der Waals surface area (Å²) in [7, 11) is 1.31. The first-order valence-corrected chi connectivity index (χ1v) is 14.3. The van der Waals surface area contributed by atoms with Crippen molar-refractivity contribution >= 4 is 23.6 Å². The first kappa shape index (κ1) is 30.4. The van der Waals surface area contributed by atoms with Gasteiger partial charge in [0.1, 0.15) is 5.75 Å². The molecule has 9 heteroatoms. The van der Waals surface area contributed by atoms with Crippen LogP contribution in [-0.4, -0.2) is 48.8 Å². The molecule has 3 aromatic carbocycles. The van der Waals surface area contributed by atoms with Crippen LogP contribution in [0.4, 0.5) is 4.79 Å². The van der Waals surface area contributed by atoms with Crippen LogP contribution in [-0.2, 0) is 16.9 Å². The van der Waals surface area contributed by atoms with E-state index in [0.29, 0.717) is 73.1 Å². The molecule has 2 unspecified atom stereocenters. The van der Waals surface area contributed by atoms with Gasteiger partial charge in [-0.1, -0.05) is 54.1 Å². The lowest BCUT2D eigenvalue weighted by Gasteiger charge is -2.43. The molecule has 4 rings (SSSR count). The van der Waals surface area contributed by atoms with Gasteiger partial charge in [-0.05, 0) is 68.0 Å². The highest BCUT2D eigenvalue weighted by Gasteiger charge is 2.43. The van der Waals surface area contributed by atoms with Crippen LogP contribution in [0.25, 0.3) is 0 Å². The summed E-state index contributed by atoms with van der Waals surface area (Å²) >= 11 is 6.70. The molecule has 0 spiro atoms. The second kappa shape index (κ2) is 13.9. The number of rotatable bonds is 10. The number of hydrogen-bond donors (Lipinski definition) is 3. The van der Waals surface area contributed by atoms with Crippen LogP contribution in [0.5, 0.6) is 11.5 Å². The van der Waals surface area contributed by atoms with Crippen molar-refractivity contribution in [3.8, 4) is 11.5 Å². The Hall–Kier alpha value is -3.59. The van der Waals surface area contributed by atoms with Crippen LogP contribution in [0.3, 0.4) is 0 Å². The third kappa shape index (κ3) is 7.19. The fourth-order valence-electron chi connectivity index (χ4n) is 5.43. The van der Waals surface area contributed by atoms with Gasteiger partial charge in [0.25, 0.3) is 5.91 Å². The maximum absolute atomic E-state index is 13.5. The summed E-state index contributed by atoms with van der Waals surface area (Å²) in [5, 5.41) is 15.6. The lowest BCUT2D eigenvalue weighted by molar-refractivity contribution is -0.0578.